The van der Waals surface area contributed by atoms with E-state index in [0.29, 0.717) is 10.7 Å². The zero-order chi connectivity index (χ0) is 17.9. The second kappa shape index (κ2) is 7.06. The van der Waals surface area contributed by atoms with Gasteiger partial charge in [-0.15, -0.1) is 11.3 Å². The number of aromatic nitrogens is 2. The first-order valence-corrected chi connectivity index (χ1v) is 9.34. The van der Waals surface area contributed by atoms with E-state index in [2.05, 4.69) is 31.6 Å². The van der Waals surface area contributed by atoms with E-state index in [1.807, 2.05) is 29.8 Å². The molecule has 7 nitrogen and oxygen atoms in total. The Hall–Kier alpha value is -3.05. The Balaban J connectivity index is 1.48. The Morgan fingerprint density at radius 3 is 3.15 bits per heavy atom. The molecule has 1 aliphatic rings. The highest BCUT2D eigenvalue weighted by Crippen LogP contribution is 2.30. The number of fused-ring (bicyclic) bond motifs is 1. The van der Waals surface area contributed by atoms with E-state index in [-0.39, 0.29) is 12.1 Å². The monoisotopic (exact) mass is 366 g/mol. The van der Waals surface area contributed by atoms with Gasteiger partial charge in [0.2, 0.25) is 0 Å². The molecule has 3 N–H and O–H groups in total. The van der Waals surface area contributed by atoms with Crippen LogP contribution in [0.15, 0.2) is 36.0 Å². The van der Waals surface area contributed by atoms with Gasteiger partial charge in [-0.05, 0) is 31.0 Å². The third kappa shape index (κ3) is 3.21. The zero-order valence-corrected chi connectivity index (χ0v) is 14.8. The van der Waals surface area contributed by atoms with Crippen LogP contribution in [0.2, 0.25) is 0 Å². The van der Waals surface area contributed by atoms with Crippen molar-refractivity contribution >= 4 is 39.1 Å². The van der Waals surface area contributed by atoms with Crippen LogP contribution in [0.25, 0.3) is 10.9 Å². The van der Waals surface area contributed by atoms with Crippen molar-refractivity contribution in [1.82, 2.24) is 15.3 Å². The van der Waals surface area contributed by atoms with Gasteiger partial charge in [0.15, 0.2) is 5.13 Å². The molecule has 132 valence electrons. The van der Waals surface area contributed by atoms with Crippen molar-refractivity contribution in [1.29, 1.82) is 5.26 Å². The fourth-order valence-corrected chi connectivity index (χ4v) is 3.95. The van der Waals surface area contributed by atoms with Gasteiger partial charge in [0.05, 0.1) is 11.1 Å². The Bertz CT molecular complexity index is 958. The Morgan fingerprint density at radius 2 is 2.35 bits per heavy atom. The van der Waals surface area contributed by atoms with Gasteiger partial charge < -0.3 is 15.2 Å². The number of anilines is 2. The number of carbonyl (C=O) groups excluding carboxylic acids is 1. The number of aromatic amines is 1. The first kappa shape index (κ1) is 16.4. The van der Waals surface area contributed by atoms with Crippen LogP contribution in [-0.2, 0) is 0 Å². The third-order valence-corrected chi connectivity index (χ3v) is 5.26. The van der Waals surface area contributed by atoms with Crippen LogP contribution in [0.1, 0.15) is 18.4 Å². The van der Waals surface area contributed by atoms with Crippen LogP contribution < -0.4 is 15.5 Å². The van der Waals surface area contributed by atoms with Gasteiger partial charge in [0, 0.05) is 48.0 Å². The second-order valence-electron chi connectivity index (χ2n) is 6.23. The van der Waals surface area contributed by atoms with Gasteiger partial charge >= 0.3 is 6.03 Å². The highest BCUT2D eigenvalue weighted by atomic mass is 32.1. The van der Waals surface area contributed by atoms with Crippen LogP contribution in [0, 0.1) is 11.3 Å². The largest absolute Gasteiger partial charge is 0.369 e. The number of benzene rings is 1. The molecule has 3 aromatic rings. The molecule has 0 bridgehead atoms. The number of thiazole rings is 1. The first-order valence-electron chi connectivity index (χ1n) is 8.47. The minimum absolute atomic E-state index is 0.0633. The highest BCUT2D eigenvalue weighted by Gasteiger charge is 2.23. The Morgan fingerprint density at radius 1 is 1.42 bits per heavy atom. The van der Waals surface area contributed by atoms with E-state index in [0.717, 1.165) is 42.5 Å². The molecule has 0 spiro atoms. The average molecular weight is 366 g/mol. The molecular weight excluding hydrogens is 348 g/mol. The van der Waals surface area contributed by atoms with Crippen molar-refractivity contribution in [3.8, 4) is 6.07 Å². The number of H-pyrrole nitrogens is 1. The number of nitrogens with zero attached hydrogens (tertiary/aromatic N) is 3. The zero-order valence-electron chi connectivity index (χ0n) is 14.0. The average Bonchev–Trinajstić information content (AvgIpc) is 3.32. The number of hydrogen-bond donors (Lipinski definition) is 3. The van der Waals surface area contributed by atoms with E-state index < -0.39 is 0 Å². The summed E-state index contributed by atoms with van der Waals surface area (Å²) in [6.45, 7) is 1.66. The lowest BCUT2D eigenvalue weighted by Crippen LogP contribution is -2.49. The summed E-state index contributed by atoms with van der Waals surface area (Å²) in [5.41, 5.74) is 2.59. The summed E-state index contributed by atoms with van der Waals surface area (Å²) < 4.78 is 0. The van der Waals surface area contributed by atoms with Crippen molar-refractivity contribution in [2.75, 3.05) is 23.3 Å². The fourth-order valence-electron chi connectivity index (χ4n) is 3.43. The number of hydrogen-bond acceptors (Lipinski definition) is 5. The second-order valence-corrected chi connectivity index (χ2v) is 7.13. The van der Waals surface area contributed by atoms with Crippen molar-refractivity contribution in [2.45, 2.75) is 18.9 Å². The van der Waals surface area contributed by atoms with E-state index in [1.54, 1.807) is 6.20 Å². The van der Waals surface area contributed by atoms with Crippen LogP contribution in [0.5, 0.6) is 0 Å². The molecule has 1 fully saturated rings. The maximum absolute atomic E-state index is 12.2. The summed E-state index contributed by atoms with van der Waals surface area (Å²) >= 11 is 1.39. The van der Waals surface area contributed by atoms with Crippen LogP contribution in [-0.4, -0.2) is 35.1 Å². The summed E-state index contributed by atoms with van der Waals surface area (Å²) in [4.78, 5) is 21.6. The van der Waals surface area contributed by atoms with E-state index >= 15 is 0 Å². The molecule has 8 heteroatoms. The molecule has 1 atom stereocenters. The summed E-state index contributed by atoms with van der Waals surface area (Å²) in [6, 6.07) is 7.90. The molecule has 2 amide bonds. The molecular formula is C18H18N6OS. The number of piperidine rings is 1. The molecule has 0 radical (unpaired) electrons. The number of nitrogens with one attached hydrogen (secondary N) is 3. The number of carbonyl (C=O) groups is 1. The van der Waals surface area contributed by atoms with Gasteiger partial charge in [-0.2, -0.15) is 5.26 Å². The predicted molar refractivity (Wildman–Crippen MR) is 103 cm³/mol. The molecule has 3 heterocycles. The van der Waals surface area contributed by atoms with Gasteiger partial charge in [-0.3, -0.25) is 5.32 Å². The van der Waals surface area contributed by atoms with Crippen molar-refractivity contribution in [3.63, 3.8) is 0 Å². The van der Waals surface area contributed by atoms with Gasteiger partial charge in [0.1, 0.15) is 6.07 Å². The maximum Gasteiger partial charge on any atom is 0.321 e. The molecule has 1 aliphatic heterocycles. The predicted octanol–water partition coefficient (Wildman–Crippen LogP) is 3.29. The molecule has 1 unspecified atom stereocenters. The molecule has 1 aromatic carbocycles. The number of urea groups is 1. The number of nitriles is 1. The molecule has 1 saturated heterocycles. The van der Waals surface area contributed by atoms with Crippen LogP contribution in [0.4, 0.5) is 15.6 Å². The molecule has 26 heavy (non-hydrogen) atoms. The van der Waals surface area contributed by atoms with Gasteiger partial charge in [-0.1, -0.05) is 0 Å². The quantitative estimate of drug-likeness (QED) is 0.663. The minimum atomic E-state index is -0.224. The van der Waals surface area contributed by atoms with E-state index in [1.165, 1.54) is 11.3 Å². The Kier molecular flexibility index (Phi) is 4.46. The molecule has 2 aromatic heterocycles. The van der Waals surface area contributed by atoms with Gasteiger partial charge in [0.25, 0.3) is 0 Å². The van der Waals surface area contributed by atoms with Gasteiger partial charge in [-0.25, -0.2) is 9.78 Å². The highest BCUT2D eigenvalue weighted by molar-refractivity contribution is 7.13. The Labute approximate surface area is 154 Å². The summed E-state index contributed by atoms with van der Waals surface area (Å²) in [5.74, 6) is 0. The fraction of sp³-hybridized carbons (Fsp3) is 0.278. The van der Waals surface area contributed by atoms with Crippen LogP contribution >= 0.6 is 11.3 Å². The molecule has 4 rings (SSSR count). The number of amides is 2. The van der Waals surface area contributed by atoms with Crippen molar-refractivity contribution in [2.24, 2.45) is 0 Å². The summed E-state index contributed by atoms with van der Waals surface area (Å²) in [6.07, 6.45) is 5.45. The lowest BCUT2D eigenvalue weighted by Gasteiger charge is -2.35. The van der Waals surface area contributed by atoms with Crippen molar-refractivity contribution in [3.05, 3.63) is 41.5 Å². The van der Waals surface area contributed by atoms with Crippen LogP contribution in [0.3, 0.4) is 0 Å². The minimum Gasteiger partial charge on any atom is -0.369 e. The maximum atomic E-state index is 12.2. The van der Waals surface area contributed by atoms with Crippen molar-refractivity contribution < 1.29 is 4.79 Å². The lowest BCUT2D eigenvalue weighted by atomic mass is 10.0. The third-order valence-electron chi connectivity index (χ3n) is 4.57. The standard InChI is InChI=1S/C18H18N6OS/c19-10-12-3-4-15(14-5-6-20-16(12)14)24-8-1-2-13(11-24)22-17(25)23-18-21-7-9-26-18/h3-7,9,13,20H,1-2,8,11H2,(H2,21,22,23,25). The molecule has 0 saturated carbocycles. The summed E-state index contributed by atoms with van der Waals surface area (Å²) in [7, 11) is 0. The lowest BCUT2D eigenvalue weighted by molar-refractivity contribution is 0.246. The molecule has 0 aliphatic carbocycles. The van der Waals surface area contributed by atoms with E-state index in [9.17, 15) is 10.1 Å². The SMILES string of the molecule is N#Cc1ccc(N2CCCC(NC(=O)Nc3nccs3)C2)c2cc[nH]c12. The first-order chi connectivity index (χ1) is 12.7. The van der Waals surface area contributed by atoms with E-state index in [4.69, 9.17) is 0 Å². The summed E-state index contributed by atoms with van der Waals surface area (Å²) in [5, 5.41) is 18.5. The number of rotatable bonds is 3. The normalized spacial score (nSPS) is 17.0. The topological polar surface area (TPSA) is 96.8 Å². The smallest absolute Gasteiger partial charge is 0.321 e.